The third-order valence-electron chi connectivity index (χ3n) is 1.96. The third kappa shape index (κ3) is 2.71. The molecule has 74 valence electrons. The molecule has 3 heteroatoms. The zero-order chi connectivity index (χ0) is 9.90. The summed E-state index contributed by atoms with van der Waals surface area (Å²) in [6, 6.07) is 4.10. The van der Waals surface area contributed by atoms with Crippen LogP contribution < -0.4 is 0 Å². The summed E-state index contributed by atoms with van der Waals surface area (Å²) in [5.41, 5.74) is 0. The molecular weight excluding hydrogens is 178 g/mol. The quantitative estimate of drug-likeness (QED) is 0.677. The maximum absolute atomic E-state index is 5.78. The number of ether oxygens (including phenoxy) is 1. The first-order valence-corrected chi connectivity index (χ1v) is 8.37. The van der Waals surface area contributed by atoms with Crippen LogP contribution >= 0.6 is 0 Å². The second-order valence-corrected chi connectivity index (χ2v) is 9.53. The Bertz CT molecular complexity index is 238. The van der Waals surface area contributed by atoms with E-state index in [2.05, 4.69) is 43.5 Å². The highest BCUT2D eigenvalue weighted by atomic mass is 28.3. The molecule has 1 unspecified atom stereocenters. The van der Waals surface area contributed by atoms with Gasteiger partial charge < -0.3 is 9.30 Å². The SMILES string of the molecule is CCOC(n1cccc1)[Si](C)(C)C. The van der Waals surface area contributed by atoms with E-state index in [0.29, 0.717) is 0 Å². The van der Waals surface area contributed by atoms with E-state index in [1.54, 1.807) is 0 Å². The van der Waals surface area contributed by atoms with Crippen LogP contribution in [0.5, 0.6) is 0 Å². The lowest BCUT2D eigenvalue weighted by atomic mass is 10.7. The van der Waals surface area contributed by atoms with Gasteiger partial charge in [-0.15, -0.1) is 0 Å². The molecule has 1 atom stereocenters. The fourth-order valence-corrected chi connectivity index (χ4v) is 3.18. The minimum atomic E-state index is -1.27. The Kier molecular flexibility index (Phi) is 3.33. The molecule has 1 heterocycles. The first-order chi connectivity index (χ1) is 6.05. The molecule has 0 bridgehead atoms. The first kappa shape index (κ1) is 10.5. The fourth-order valence-electron chi connectivity index (χ4n) is 1.45. The van der Waals surface area contributed by atoms with E-state index < -0.39 is 8.07 Å². The maximum Gasteiger partial charge on any atom is 0.118 e. The normalized spacial score (nSPS) is 14.5. The van der Waals surface area contributed by atoms with Crippen LogP contribution in [0.1, 0.15) is 12.8 Å². The summed E-state index contributed by atoms with van der Waals surface area (Å²) in [4.78, 5) is 0. The summed E-state index contributed by atoms with van der Waals surface area (Å²) in [6.07, 6.45) is 4.16. The standard InChI is InChI=1S/C10H19NOSi/c1-5-12-10(13(2,3)4)11-8-6-7-9-11/h6-10H,5H2,1-4H3. The van der Waals surface area contributed by atoms with Gasteiger partial charge in [0.05, 0.1) is 0 Å². The Balaban J connectivity index is 2.81. The van der Waals surface area contributed by atoms with Crippen molar-refractivity contribution in [3.8, 4) is 0 Å². The van der Waals surface area contributed by atoms with Crippen LogP contribution in [0.25, 0.3) is 0 Å². The summed E-state index contributed by atoms with van der Waals surface area (Å²) in [6.45, 7) is 9.82. The molecule has 0 aromatic carbocycles. The van der Waals surface area contributed by atoms with Gasteiger partial charge in [0, 0.05) is 19.0 Å². The topological polar surface area (TPSA) is 14.2 Å². The smallest absolute Gasteiger partial charge is 0.118 e. The Labute approximate surface area is 81.5 Å². The number of rotatable bonds is 4. The predicted octanol–water partition coefficient (Wildman–Crippen LogP) is 2.90. The predicted molar refractivity (Wildman–Crippen MR) is 58.4 cm³/mol. The lowest BCUT2D eigenvalue weighted by Crippen LogP contribution is -2.36. The molecule has 1 aromatic rings. The van der Waals surface area contributed by atoms with Gasteiger partial charge in [0.1, 0.15) is 13.9 Å². The highest BCUT2D eigenvalue weighted by Crippen LogP contribution is 2.22. The zero-order valence-electron chi connectivity index (χ0n) is 8.95. The second-order valence-electron chi connectivity index (χ2n) is 4.30. The molecule has 0 saturated carbocycles. The van der Waals surface area contributed by atoms with Crippen molar-refractivity contribution in [3.05, 3.63) is 24.5 Å². The van der Waals surface area contributed by atoms with E-state index in [1.165, 1.54) is 0 Å². The van der Waals surface area contributed by atoms with Crippen molar-refractivity contribution in [2.45, 2.75) is 32.4 Å². The van der Waals surface area contributed by atoms with Crippen molar-refractivity contribution in [1.29, 1.82) is 0 Å². The van der Waals surface area contributed by atoms with Gasteiger partial charge in [0.15, 0.2) is 0 Å². The Morgan fingerprint density at radius 1 is 1.23 bits per heavy atom. The van der Waals surface area contributed by atoms with Gasteiger partial charge in [0.2, 0.25) is 0 Å². The molecule has 1 rings (SSSR count). The van der Waals surface area contributed by atoms with E-state index in [0.717, 1.165) is 6.61 Å². The maximum atomic E-state index is 5.78. The van der Waals surface area contributed by atoms with Crippen LogP contribution in [-0.2, 0) is 4.74 Å². The number of nitrogens with zero attached hydrogens (tertiary/aromatic N) is 1. The Morgan fingerprint density at radius 2 is 1.77 bits per heavy atom. The van der Waals surface area contributed by atoms with Crippen molar-refractivity contribution in [2.75, 3.05) is 6.61 Å². The molecular formula is C10H19NOSi. The van der Waals surface area contributed by atoms with Crippen LogP contribution in [0, 0.1) is 0 Å². The van der Waals surface area contributed by atoms with Crippen molar-refractivity contribution in [1.82, 2.24) is 4.57 Å². The number of aromatic nitrogens is 1. The van der Waals surface area contributed by atoms with E-state index in [9.17, 15) is 0 Å². The lowest BCUT2D eigenvalue weighted by molar-refractivity contribution is 0.0640. The summed E-state index contributed by atoms with van der Waals surface area (Å²) >= 11 is 0. The van der Waals surface area contributed by atoms with Crippen molar-refractivity contribution >= 4 is 8.07 Å². The minimum Gasteiger partial charge on any atom is -0.362 e. The molecule has 2 nitrogen and oxygen atoms in total. The zero-order valence-corrected chi connectivity index (χ0v) is 9.95. The molecule has 0 radical (unpaired) electrons. The molecule has 0 N–H and O–H groups in total. The average molecular weight is 197 g/mol. The lowest BCUT2D eigenvalue weighted by Gasteiger charge is -2.29. The summed E-state index contributed by atoms with van der Waals surface area (Å²) < 4.78 is 7.95. The van der Waals surface area contributed by atoms with Crippen LogP contribution in [0.2, 0.25) is 19.6 Å². The van der Waals surface area contributed by atoms with Gasteiger partial charge in [0.25, 0.3) is 0 Å². The third-order valence-corrected chi connectivity index (χ3v) is 3.91. The molecule has 0 aliphatic carbocycles. The van der Waals surface area contributed by atoms with Crippen LogP contribution in [0.3, 0.4) is 0 Å². The average Bonchev–Trinajstić information content (AvgIpc) is 2.49. The molecule has 13 heavy (non-hydrogen) atoms. The summed E-state index contributed by atoms with van der Waals surface area (Å²) in [7, 11) is -1.27. The highest BCUT2D eigenvalue weighted by Gasteiger charge is 2.28. The molecule has 0 spiro atoms. The fraction of sp³-hybridized carbons (Fsp3) is 0.600. The molecule has 0 fully saturated rings. The molecule has 0 aliphatic rings. The van der Waals surface area contributed by atoms with E-state index >= 15 is 0 Å². The van der Waals surface area contributed by atoms with Gasteiger partial charge in [-0.3, -0.25) is 0 Å². The summed E-state index contributed by atoms with van der Waals surface area (Å²) in [5.74, 6) is 0.271. The van der Waals surface area contributed by atoms with Gasteiger partial charge >= 0.3 is 0 Å². The minimum absolute atomic E-state index is 0.271. The van der Waals surface area contributed by atoms with Crippen molar-refractivity contribution in [2.24, 2.45) is 0 Å². The number of hydrogen-bond acceptors (Lipinski definition) is 1. The highest BCUT2D eigenvalue weighted by molar-refractivity contribution is 6.76. The van der Waals surface area contributed by atoms with Crippen LogP contribution in [0.15, 0.2) is 24.5 Å². The van der Waals surface area contributed by atoms with Gasteiger partial charge in [-0.25, -0.2) is 0 Å². The Hall–Kier alpha value is -0.543. The first-order valence-electron chi connectivity index (χ1n) is 4.79. The molecule has 0 saturated heterocycles. The Morgan fingerprint density at radius 3 is 2.15 bits per heavy atom. The number of hydrogen-bond donors (Lipinski definition) is 0. The largest absolute Gasteiger partial charge is 0.362 e. The van der Waals surface area contributed by atoms with E-state index in [-0.39, 0.29) is 5.85 Å². The van der Waals surface area contributed by atoms with Gasteiger partial charge in [-0.05, 0) is 19.1 Å². The van der Waals surface area contributed by atoms with Crippen molar-refractivity contribution < 1.29 is 4.74 Å². The monoisotopic (exact) mass is 197 g/mol. The van der Waals surface area contributed by atoms with Crippen LogP contribution in [0.4, 0.5) is 0 Å². The van der Waals surface area contributed by atoms with Crippen LogP contribution in [-0.4, -0.2) is 19.2 Å². The van der Waals surface area contributed by atoms with Gasteiger partial charge in [-0.2, -0.15) is 0 Å². The summed E-state index contributed by atoms with van der Waals surface area (Å²) in [5, 5.41) is 0. The second kappa shape index (κ2) is 4.11. The van der Waals surface area contributed by atoms with E-state index in [1.807, 2.05) is 12.1 Å². The van der Waals surface area contributed by atoms with E-state index in [4.69, 9.17) is 4.74 Å². The molecule has 0 amide bonds. The molecule has 1 aromatic heterocycles. The van der Waals surface area contributed by atoms with Gasteiger partial charge in [-0.1, -0.05) is 19.6 Å². The van der Waals surface area contributed by atoms with Crippen molar-refractivity contribution in [3.63, 3.8) is 0 Å². The molecule has 0 aliphatic heterocycles.